The van der Waals surface area contributed by atoms with Gasteiger partial charge in [0.25, 0.3) is 5.91 Å². The average Bonchev–Trinajstić information content (AvgIpc) is 3.07. The summed E-state index contributed by atoms with van der Waals surface area (Å²) in [6.45, 7) is 6.34. The lowest BCUT2D eigenvalue weighted by molar-refractivity contribution is -0.130. The molecule has 2 atom stereocenters. The molecule has 11 nitrogen and oxygen atoms in total. The van der Waals surface area contributed by atoms with Crippen LogP contribution in [0.1, 0.15) is 43.6 Å². The molecule has 0 saturated carbocycles. The summed E-state index contributed by atoms with van der Waals surface area (Å²) in [7, 11) is 2.96. The second-order valence-electron chi connectivity index (χ2n) is 11.0. The number of methoxy groups -OCH3 is 1. The highest BCUT2D eigenvalue weighted by atomic mass is 16.6. The summed E-state index contributed by atoms with van der Waals surface area (Å²) in [4.78, 5) is 54.5. The Morgan fingerprint density at radius 2 is 1.83 bits per heavy atom. The number of amides is 3. The summed E-state index contributed by atoms with van der Waals surface area (Å²) in [5.41, 5.74) is 0.0510. The molecular weight excluding hydrogens is 542 g/mol. The van der Waals surface area contributed by atoms with Gasteiger partial charge in [-0.2, -0.15) is 0 Å². The largest absolute Gasteiger partial charge is 0.496 e. The van der Waals surface area contributed by atoms with Crippen molar-refractivity contribution in [2.75, 3.05) is 25.7 Å². The SMILES string of the molecule is COc1ccc2ccccc2c1CN1C(=O)C(NC(=O)[C@H](C)N(C)C(=O)OC(C)(C)C)COc2c(C(=O)O)cccc21. The van der Waals surface area contributed by atoms with Crippen LogP contribution in [0.2, 0.25) is 0 Å². The zero-order valence-electron chi connectivity index (χ0n) is 24.5. The summed E-state index contributed by atoms with van der Waals surface area (Å²) in [6, 6.07) is 13.7. The molecule has 2 N–H and O–H groups in total. The molecule has 4 rings (SSSR count). The van der Waals surface area contributed by atoms with Gasteiger partial charge in [0.15, 0.2) is 5.75 Å². The number of benzene rings is 3. The fraction of sp³-hybridized carbons (Fsp3) is 0.355. The molecule has 0 saturated heterocycles. The van der Waals surface area contributed by atoms with Gasteiger partial charge in [0.2, 0.25) is 5.91 Å². The van der Waals surface area contributed by atoms with E-state index in [1.54, 1.807) is 32.9 Å². The first-order valence-corrected chi connectivity index (χ1v) is 13.4. The van der Waals surface area contributed by atoms with Crippen LogP contribution in [0.4, 0.5) is 10.5 Å². The predicted molar refractivity (Wildman–Crippen MR) is 156 cm³/mol. The first-order chi connectivity index (χ1) is 19.8. The van der Waals surface area contributed by atoms with Gasteiger partial charge in [-0.25, -0.2) is 9.59 Å². The molecule has 3 amide bonds. The maximum absolute atomic E-state index is 14.1. The Morgan fingerprint density at radius 3 is 2.50 bits per heavy atom. The lowest BCUT2D eigenvalue weighted by atomic mass is 10.0. The number of hydrogen-bond donors (Lipinski definition) is 2. The molecule has 0 aliphatic carbocycles. The molecule has 222 valence electrons. The number of hydrogen-bond acceptors (Lipinski definition) is 7. The molecule has 1 unspecified atom stereocenters. The monoisotopic (exact) mass is 577 g/mol. The molecule has 0 spiro atoms. The van der Waals surface area contributed by atoms with E-state index in [1.807, 2.05) is 30.3 Å². The van der Waals surface area contributed by atoms with E-state index in [1.165, 1.54) is 38.1 Å². The summed E-state index contributed by atoms with van der Waals surface area (Å²) in [5.74, 6) is -1.81. The van der Waals surface area contributed by atoms with Crippen LogP contribution in [0, 0.1) is 0 Å². The van der Waals surface area contributed by atoms with Gasteiger partial charge in [-0.1, -0.05) is 36.4 Å². The Kier molecular flexibility index (Phi) is 8.60. The van der Waals surface area contributed by atoms with E-state index in [2.05, 4.69) is 5.32 Å². The topological polar surface area (TPSA) is 135 Å². The maximum Gasteiger partial charge on any atom is 0.410 e. The molecule has 1 aliphatic rings. The molecule has 1 heterocycles. The number of fused-ring (bicyclic) bond motifs is 2. The third-order valence-corrected chi connectivity index (χ3v) is 6.97. The lowest BCUT2D eigenvalue weighted by Crippen LogP contribution is -2.55. The van der Waals surface area contributed by atoms with Gasteiger partial charge in [-0.3, -0.25) is 14.5 Å². The molecule has 42 heavy (non-hydrogen) atoms. The number of aromatic carboxylic acids is 1. The minimum absolute atomic E-state index is 0.00251. The number of nitrogens with zero attached hydrogens (tertiary/aromatic N) is 2. The molecule has 1 aliphatic heterocycles. The molecule has 0 radical (unpaired) electrons. The minimum Gasteiger partial charge on any atom is -0.496 e. The fourth-order valence-corrected chi connectivity index (χ4v) is 4.66. The zero-order chi connectivity index (χ0) is 30.8. The Hall–Kier alpha value is -4.80. The molecule has 0 aromatic heterocycles. The van der Waals surface area contributed by atoms with E-state index in [4.69, 9.17) is 14.2 Å². The first-order valence-electron chi connectivity index (χ1n) is 13.4. The second kappa shape index (κ2) is 12.0. The highest BCUT2D eigenvalue weighted by Crippen LogP contribution is 2.38. The number of ether oxygens (including phenoxy) is 3. The number of likely N-dealkylation sites (N-methyl/N-ethyl adjacent to an activating group) is 1. The number of rotatable bonds is 7. The van der Waals surface area contributed by atoms with Crippen molar-refractivity contribution in [2.24, 2.45) is 0 Å². The van der Waals surface area contributed by atoms with Crippen molar-refractivity contribution in [1.82, 2.24) is 10.2 Å². The highest BCUT2D eigenvalue weighted by Gasteiger charge is 2.37. The van der Waals surface area contributed by atoms with Crippen LogP contribution in [0.25, 0.3) is 10.8 Å². The van der Waals surface area contributed by atoms with Crippen LogP contribution < -0.4 is 19.7 Å². The molecule has 0 bridgehead atoms. The standard InChI is InChI=1S/C31H35N3O8/c1-18(33(5)30(39)42-31(2,3)4)27(35)32-23-17-41-26-21(29(37)38)12-9-13-24(26)34(28(23)36)16-22-20-11-8-7-10-19(20)14-15-25(22)40-6/h7-15,18,23H,16-17H2,1-6H3,(H,32,35)(H,37,38)/t18-,23?/m0/s1. The summed E-state index contributed by atoms with van der Waals surface area (Å²) in [6.07, 6.45) is -0.697. The highest BCUT2D eigenvalue weighted by molar-refractivity contribution is 6.04. The van der Waals surface area contributed by atoms with Crippen molar-refractivity contribution >= 4 is 40.3 Å². The summed E-state index contributed by atoms with van der Waals surface area (Å²) >= 11 is 0. The molecule has 3 aromatic carbocycles. The van der Waals surface area contributed by atoms with Gasteiger partial charge >= 0.3 is 12.1 Å². The lowest BCUT2D eigenvalue weighted by Gasteiger charge is -2.30. The summed E-state index contributed by atoms with van der Waals surface area (Å²) < 4.78 is 16.9. The van der Waals surface area contributed by atoms with Gasteiger partial charge in [0, 0.05) is 12.6 Å². The Morgan fingerprint density at radius 1 is 1.12 bits per heavy atom. The first kappa shape index (κ1) is 30.2. The van der Waals surface area contributed by atoms with Crippen LogP contribution in [-0.2, 0) is 20.9 Å². The van der Waals surface area contributed by atoms with Crippen LogP contribution in [-0.4, -0.2) is 72.3 Å². The smallest absolute Gasteiger partial charge is 0.410 e. The molecule has 0 fully saturated rings. The van der Waals surface area contributed by atoms with E-state index >= 15 is 0 Å². The number of carboxylic acid groups (broad SMARTS) is 1. The quantitative estimate of drug-likeness (QED) is 0.427. The summed E-state index contributed by atoms with van der Waals surface area (Å²) in [5, 5.41) is 14.3. The van der Waals surface area contributed by atoms with E-state index in [9.17, 15) is 24.3 Å². The third-order valence-electron chi connectivity index (χ3n) is 6.97. The number of anilines is 1. The van der Waals surface area contributed by atoms with Crippen LogP contribution >= 0.6 is 0 Å². The number of nitrogens with one attached hydrogen (secondary N) is 1. The van der Waals surface area contributed by atoms with Crippen molar-refractivity contribution in [1.29, 1.82) is 0 Å². The fourth-order valence-electron chi connectivity index (χ4n) is 4.66. The van der Waals surface area contributed by atoms with Crippen LogP contribution in [0.5, 0.6) is 11.5 Å². The van der Waals surface area contributed by atoms with E-state index in [-0.39, 0.29) is 30.2 Å². The van der Waals surface area contributed by atoms with E-state index < -0.39 is 41.6 Å². The van der Waals surface area contributed by atoms with Crippen molar-refractivity contribution < 1.29 is 38.5 Å². The average molecular weight is 578 g/mol. The second-order valence-corrected chi connectivity index (χ2v) is 11.0. The molecule has 11 heteroatoms. The van der Waals surface area contributed by atoms with Crippen LogP contribution in [0.15, 0.2) is 54.6 Å². The number of carboxylic acids is 1. The Balaban J connectivity index is 1.71. The molecular formula is C31H35N3O8. The zero-order valence-corrected chi connectivity index (χ0v) is 24.5. The van der Waals surface area contributed by atoms with E-state index in [0.717, 1.165) is 15.7 Å². The van der Waals surface area contributed by atoms with E-state index in [0.29, 0.717) is 11.3 Å². The molecule has 3 aromatic rings. The van der Waals surface area contributed by atoms with Gasteiger partial charge in [0.1, 0.15) is 35.6 Å². The van der Waals surface area contributed by atoms with Gasteiger partial charge < -0.3 is 29.5 Å². The van der Waals surface area contributed by atoms with Crippen molar-refractivity contribution in [2.45, 2.75) is 51.9 Å². The van der Waals surface area contributed by atoms with Crippen LogP contribution in [0.3, 0.4) is 0 Å². The number of para-hydroxylation sites is 1. The minimum atomic E-state index is -1.22. The Bertz CT molecular complexity index is 1530. The third kappa shape index (κ3) is 6.24. The maximum atomic E-state index is 14.1. The Labute approximate surface area is 243 Å². The van der Waals surface area contributed by atoms with Gasteiger partial charge in [-0.15, -0.1) is 0 Å². The van der Waals surface area contributed by atoms with Gasteiger partial charge in [0.05, 0.1) is 19.3 Å². The van der Waals surface area contributed by atoms with Crippen molar-refractivity contribution in [3.63, 3.8) is 0 Å². The number of carbonyl (C=O) groups is 4. The normalized spacial score (nSPS) is 15.6. The van der Waals surface area contributed by atoms with Crippen molar-refractivity contribution in [3.05, 3.63) is 65.7 Å². The van der Waals surface area contributed by atoms with Gasteiger partial charge in [-0.05, 0) is 56.7 Å². The number of carbonyl (C=O) groups excluding carboxylic acids is 3. The predicted octanol–water partition coefficient (Wildman–Crippen LogP) is 4.21. The van der Waals surface area contributed by atoms with Crippen molar-refractivity contribution in [3.8, 4) is 11.5 Å².